The third-order valence-corrected chi connectivity index (χ3v) is 2.92. The van der Waals surface area contributed by atoms with Gasteiger partial charge in [0.1, 0.15) is 0 Å². The number of ether oxygens (including phenoxy) is 1. The molecule has 1 fully saturated rings. The van der Waals surface area contributed by atoms with Crippen molar-refractivity contribution in [3.8, 4) is 0 Å². The largest absolute Gasteiger partial charge is 0.481 e. The molecule has 0 aromatic carbocycles. The van der Waals surface area contributed by atoms with E-state index in [-0.39, 0.29) is 11.8 Å². The van der Waals surface area contributed by atoms with E-state index in [2.05, 4.69) is 0 Å². The summed E-state index contributed by atoms with van der Waals surface area (Å²) < 4.78 is 4.86. The fourth-order valence-electron chi connectivity index (χ4n) is 1.71. The second kappa shape index (κ2) is 5.11. The minimum Gasteiger partial charge on any atom is -0.481 e. The molecule has 0 aromatic heterocycles. The maximum absolute atomic E-state index is 11.8. The van der Waals surface area contributed by atoms with Crippen molar-refractivity contribution in [1.29, 1.82) is 0 Å². The molecule has 2 unspecified atom stereocenters. The number of amides is 1. The van der Waals surface area contributed by atoms with Crippen LogP contribution in [0.4, 0.5) is 0 Å². The van der Waals surface area contributed by atoms with E-state index in [9.17, 15) is 9.59 Å². The zero-order valence-corrected chi connectivity index (χ0v) is 9.10. The molecule has 5 heteroatoms. The van der Waals surface area contributed by atoms with Gasteiger partial charge in [0.05, 0.1) is 18.4 Å². The van der Waals surface area contributed by atoms with Gasteiger partial charge in [-0.25, -0.2) is 0 Å². The Hall–Kier alpha value is -1.10. The summed E-state index contributed by atoms with van der Waals surface area (Å²) in [5, 5.41) is 8.81. The molecule has 0 aliphatic heterocycles. The first-order chi connectivity index (χ1) is 7.07. The molecule has 1 rings (SSSR count). The molecule has 0 spiro atoms. The van der Waals surface area contributed by atoms with Crippen LogP contribution in [0.3, 0.4) is 0 Å². The van der Waals surface area contributed by atoms with Crippen molar-refractivity contribution in [1.82, 2.24) is 4.90 Å². The summed E-state index contributed by atoms with van der Waals surface area (Å²) >= 11 is 0. The predicted octanol–water partition coefficient (Wildman–Crippen LogP) is 0.202. The second-order valence-corrected chi connectivity index (χ2v) is 3.88. The monoisotopic (exact) mass is 215 g/mol. The Morgan fingerprint density at radius 2 is 2.00 bits per heavy atom. The summed E-state index contributed by atoms with van der Waals surface area (Å²) in [5.41, 5.74) is 0. The van der Waals surface area contributed by atoms with Gasteiger partial charge in [-0.2, -0.15) is 0 Å². The number of aliphatic carboxylic acids is 1. The number of hydrogen-bond donors (Lipinski definition) is 1. The first-order valence-corrected chi connectivity index (χ1v) is 5.04. The van der Waals surface area contributed by atoms with Crippen molar-refractivity contribution < 1.29 is 19.4 Å². The molecule has 2 atom stereocenters. The fourth-order valence-corrected chi connectivity index (χ4v) is 1.71. The lowest BCUT2D eigenvalue weighted by atomic mass is 9.73. The lowest BCUT2D eigenvalue weighted by Gasteiger charge is -2.34. The van der Waals surface area contributed by atoms with E-state index in [1.165, 1.54) is 0 Å². The van der Waals surface area contributed by atoms with Crippen molar-refractivity contribution in [2.45, 2.75) is 12.8 Å². The maximum Gasteiger partial charge on any atom is 0.307 e. The Balaban J connectivity index is 2.43. The molecule has 5 nitrogen and oxygen atoms in total. The summed E-state index contributed by atoms with van der Waals surface area (Å²) in [6, 6.07) is 0. The van der Waals surface area contributed by atoms with Crippen LogP contribution in [0.25, 0.3) is 0 Å². The van der Waals surface area contributed by atoms with Gasteiger partial charge in [0, 0.05) is 20.7 Å². The van der Waals surface area contributed by atoms with Crippen LogP contribution in [-0.2, 0) is 14.3 Å². The van der Waals surface area contributed by atoms with Gasteiger partial charge in [-0.15, -0.1) is 0 Å². The molecule has 0 bridgehead atoms. The number of likely N-dealkylation sites (N-methyl/N-ethyl adjacent to an activating group) is 1. The average molecular weight is 215 g/mol. The molecule has 1 saturated carbocycles. The van der Waals surface area contributed by atoms with Crippen LogP contribution in [0.5, 0.6) is 0 Å². The molecular weight excluding hydrogens is 198 g/mol. The van der Waals surface area contributed by atoms with Gasteiger partial charge < -0.3 is 14.7 Å². The number of carboxylic acid groups (broad SMARTS) is 1. The highest BCUT2D eigenvalue weighted by Gasteiger charge is 2.42. The topological polar surface area (TPSA) is 66.8 Å². The van der Waals surface area contributed by atoms with Crippen LogP contribution >= 0.6 is 0 Å². The first-order valence-electron chi connectivity index (χ1n) is 5.04. The van der Waals surface area contributed by atoms with Crippen LogP contribution in [0, 0.1) is 11.8 Å². The standard InChI is InChI=1S/C10H17NO4/c1-11(5-6-15-2)9(12)7-3-4-8(7)10(13)14/h7-8H,3-6H2,1-2H3,(H,13,14). The molecule has 15 heavy (non-hydrogen) atoms. The molecular formula is C10H17NO4. The number of rotatable bonds is 5. The molecule has 1 amide bonds. The molecule has 86 valence electrons. The second-order valence-electron chi connectivity index (χ2n) is 3.88. The van der Waals surface area contributed by atoms with Crippen molar-refractivity contribution in [3.63, 3.8) is 0 Å². The molecule has 1 aliphatic rings. The molecule has 1 aliphatic carbocycles. The summed E-state index contributed by atoms with van der Waals surface area (Å²) in [6.07, 6.45) is 1.30. The average Bonchev–Trinajstić information content (AvgIpc) is 2.11. The van der Waals surface area contributed by atoms with Crippen LogP contribution < -0.4 is 0 Å². The van der Waals surface area contributed by atoms with E-state index in [0.29, 0.717) is 26.0 Å². The molecule has 0 saturated heterocycles. The number of hydrogen-bond acceptors (Lipinski definition) is 3. The Labute approximate surface area is 89.0 Å². The molecule has 0 heterocycles. The number of carbonyl (C=O) groups excluding carboxylic acids is 1. The van der Waals surface area contributed by atoms with Crippen molar-refractivity contribution in [3.05, 3.63) is 0 Å². The zero-order chi connectivity index (χ0) is 11.4. The first kappa shape index (κ1) is 12.0. The van der Waals surface area contributed by atoms with E-state index < -0.39 is 11.9 Å². The van der Waals surface area contributed by atoms with Crippen LogP contribution in [0.1, 0.15) is 12.8 Å². The molecule has 0 aromatic rings. The van der Waals surface area contributed by atoms with Gasteiger partial charge >= 0.3 is 5.97 Å². The lowest BCUT2D eigenvalue weighted by Crippen LogP contribution is -2.45. The summed E-state index contributed by atoms with van der Waals surface area (Å²) in [5.74, 6) is -1.75. The van der Waals surface area contributed by atoms with E-state index in [0.717, 1.165) is 0 Å². The quantitative estimate of drug-likeness (QED) is 0.711. The predicted molar refractivity (Wildman–Crippen MR) is 53.4 cm³/mol. The Morgan fingerprint density at radius 1 is 1.40 bits per heavy atom. The Morgan fingerprint density at radius 3 is 2.40 bits per heavy atom. The van der Waals surface area contributed by atoms with Crippen molar-refractivity contribution in [2.24, 2.45) is 11.8 Å². The van der Waals surface area contributed by atoms with Gasteiger partial charge in [0.15, 0.2) is 0 Å². The van der Waals surface area contributed by atoms with Gasteiger partial charge in [0.2, 0.25) is 5.91 Å². The fraction of sp³-hybridized carbons (Fsp3) is 0.800. The van der Waals surface area contributed by atoms with E-state index in [1.54, 1.807) is 19.1 Å². The van der Waals surface area contributed by atoms with Gasteiger partial charge in [-0.05, 0) is 12.8 Å². The number of carbonyl (C=O) groups is 2. The minimum absolute atomic E-state index is 0.0781. The maximum atomic E-state index is 11.8. The van der Waals surface area contributed by atoms with Crippen LogP contribution in [-0.4, -0.2) is 49.2 Å². The molecule has 0 radical (unpaired) electrons. The summed E-state index contributed by atoms with van der Waals surface area (Å²) in [7, 11) is 3.25. The molecule has 1 N–H and O–H groups in total. The lowest BCUT2D eigenvalue weighted by molar-refractivity contribution is -0.156. The van der Waals surface area contributed by atoms with Crippen LogP contribution in [0.15, 0.2) is 0 Å². The normalized spacial score (nSPS) is 24.4. The number of nitrogens with zero attached hydrogens (tertiary/aromatic N) is 1. The SMILES string of the molecule is COCCN(C)C(=O)C1CCC1C(=O)O. The van der Waals surface area contributed by atoms with Crippen molar-refractivity contribution in [2.75, 3.05) is 27.3 Å². The van der Waals surface area contributed by atoms with E-state index in [4.69, 9.17) is 9.84 Å². The van der Waals surface area contributed by atoms with E-state index in [1.807, 2.05) is 0 Å². The third kappa shape index (κ3) is 2.68. The van der Waals surface area contributed by atoms with E-state index >= 15 is 0 Å². The van der Waals surface area contributed by atoms with Gasteiger partial charge in [-0.1, -0.05) is 0 Å². The highest BCUT2D eigenvalue weighted by molar-refractivity contribution is 5.86. The van der Waals surface area contributed by atoms with Gasteiger partial charge in [-0.3, -0.25) is 9.59 Å². The third-order valence-electron chi connectivity index (χ3n) is 2.92. The highest BCUT2D eigenvalue weighted by atomic mass is 16.5. The minimum atomic E-state index is -0.861. The zero-order valence-electron chi connectivity index (χ0n) is 9.10. The smallest absolute Gasteiger partial charge is 0.307 e. The summed E-state index contributed by atoms with van der Waals surface area (Å²) in [6.45, 7) is 0.991. The highest BCUT2D eigenvalue weighted by Crippen LogP contribution is 2.35. The van der Waals surface area contributed by atoms with Gasteiger partial charge in [0.25, 0.3) is 0 Å². The summed E-state index contributed by atoms with van der Waals surface area (Å²) in [4.78, 5) is 24.0. The Kier molecular flexibility index (Phi) is 4.08. The Bertz CT molecular complexity index is 254. The number of carboxylic acids is 1. The van der Waals surface area contributed by atoms with Crippen molar-refractivity contribution >= 4 is 11.9 Å². The number of methoxy groups -OCH3 is 1. The van der Waals surface area contributed by atoms with Crippen LogP contribution in [0.2, 0.25) is 0 Å².